The summed E-state index contributed by atoms with van der Waals surface area (Å²) in [6, 6.07) is 3.56. The summed E-state index contributed by atoms with van der Waals surface area (Å²) < 4.78 is 4.93. The summed E-state index contributed by atoms with van der Waals surface area (Å²) in [5.74, 6) is 0.848. The minimum absolute atomic E-state index is 0.227. The molecule has 0 atom stereocenters. The third-order valence-corrected chi connectivity index (χ3v) is 3.58. The van der Waals surface area contributed by atoms with Crippen molar-refractivity contribution in [3.63, 3.8) is 0 Å². The summed E-state index contributed by atoms with van der Waals surface area (Å²) in [6.07, 6.45) is 7.02. The van der Waals surface area contributed by atoms with Gasteiger partial charge in [0.05, 0.1) is 17.4 Å². The minimum atomic E-state index is -0.227. The first-order chi connectivity index (χ1) is 10.2. The molecule has 0 radical (unpaired) electrons. The largest absolute Gasteiger partial charge is 0.370 e. The molecule has 2 aromatic rings. The lowest BCUT2D eigenvalue weighted by Crippen LogP contribution is -2.29. The molecule has 2 aromatic heterocycles. The molecule has 1 saturated heterocycles. The molecule has 1 fully saturated rings. The van der Waals surface area contributed by atoms with Gasteiger partial charge in [0.2, 0.25) is 0 Å². The molecule has 0 aromatic carbocycles. The molecule has 1 amide bonds. The van der Waals surface area contributed by atoms with Crippen molar-refractivity contribution in [3.05, 3.63) is 35.9 Å². The standard InChI is InChI=1S/C15H18N4O2/c1-11-7-14(18-21-11)17-15(20)12-8-13(10-16-9-12)19-5-3-2-4-6-19/h7-10H,2-6H2,1H3,(H,17,18,20). The van der Waals surface area contributed by atoms with Gasteiger partial charge in [-0.2, -0.15) is 0 Å². The third-order valence-electron chi connectivity index (χ3n) is 3.58. The van der Waals surface area contributed by atoms with Crippen LogP contribution in [0.4, 0.5) is 11.5 Å². The molecule has 0 unspecified atom stereocenters. The van der Waals surface area contributed by atoms with Crippen molar-refractivity contribution in [2.45, 2.75) is 26.2 Å². The van der Waals surface area contributed by atoms with Gasteiger partial charge in [-0.1, -0.05) is 5.16 Å². The average molecular weight is 286 g/mol. The van der Waals surface area contributed by atoms with E-state index in [9.17, 15) is 4.79 Å². The predicted octanol–water partition coefficient (Wildman–Crippen LogP) is 2.62. The van der Waals surface area contributed by atoms with Crippen molar-refractivity contribution < 1.29 is 9.32 Å². The number of carbonyl (C=O) groups is 1. The summed E-state index contributed by atoms with van der Waals surface area (Å²) in [7, 11) is 0. The number of hydrogen-bond donors (Lipinski definition) is 1. The highest BCUT2D eigenvalue weighted by Crippen LogP contribution is 2.20. The van der Waals surface area contributed by atoms with Gasteiger partial charge in [0.15, 0.2) is 5.82 Å². The van der Waals surface area contributed by atoms with Crippen LogP contribution in [0.2, 0.25) is 0 Å². The lowest BCUT2D eigenvalue weighted by Gasteiger charge is -2.28. The first kappa shape index (κ1) is 13.6. The second-order valence-electron chi connectivity index (χ2n) is 5.26. The molecule has 0 aliphatic carbocycles. The molecule has 21 heavy (non-hydrogen) atoms. The highest BCUT2D eigenvalue weighted by Gasteiger charge is 2.14. The molecular weight excluding hydrogens is 268 g/mol. The number of anilines is 2. The molecule has 0 spiro atoms. The number of pyridine rings is 1. The van der Waals surface area contributed by atoms with Crippen molar-refractivity contribution in [3.8, 4) is 0 Å². The van der Waals surface area contributed by atoms with Crippen molar-refractivity contribution >= 4 is 17.4 Å². The summed E-state index contributed by atoms with van der Waals surface area (Å²) in [5, 5.41) is 6.46. The molecule has 3 heterocycles. The SMILES string of the molecule is Cc1cc(NC(=O)c2cncc(N3CCCCC3)c2)no1. The van der Waals surface area contributed by atoms with E-state index >= 15 is 0 Å². The normalized spacial score (nSPS) is 15.0. The Kier molecular flexibility index (Phi) is 3.85. The third kappa shape index (κ3) is 3.21. The lowest BCUT2D eigenvalue weighted by atomic mass is 10.1. The topological polar surface area (TPSA) is 71.3 Å². The van der Waals surface area contributed by atoms with E-state index in [4.69, 9.17) is 4.52 Å². The summed E-state index contributed by atoms with van der Waals surface area (Å²) in [6.45, 7) is 3.83. The molecular formula is C15H18N4O2. The Hall–Kier alpha value is -2.37. The summed E-state index contributed by atoms with van der Waals surface area (Å²) in [4.78, 5) is 18.7. The van der Waals surface area contributed by atoms with E-state index in [0.29, 0.717) is 17.1 Å². The number of hydrogen-bond acceptors (Lipinski definition) is 5. The van der Waals surface area contributed by atoms with E-state index in [1.807, 2.05) is 12.3 Å². The highest BCUT2D eigenvalue weighted by molar-refractivity contribution is 6.04. The first-order valence-corrected chi connectivity index (χ1v) is 7.17. The molecule has 1 N–H and O–H groups in total. The van der Waals surface area contributed by atoms with Crippen molar-refractivity contribution in [1.29, 1.82) is 0 Å². The fourth-order valence-electron chi connectivity index (χ4n) is 2.49. The number of nitrogens with zero attached hydrogens (tertiary/aromatic N) is 3. The van der Waals surface area contributed by atoms with Crippen LogP contribution in [0.15, 0.2) is 29.0 Å². The fraction of sp³-hybridized carbons (Fsp3) is 0.400. The second kappa shape index (κ2) is 5.95. The van der Waals surface area contributed by atoms with E-state index in [1.54, 1.807) is 19.2 Å². The molecule has 6 heteroatoms. The molecule has 0 saturated carbocycles. The van der Waals surface area contributed by atoms with Crippen LogP contribution in [-0.4, -0.2) is 29.1 Å². The number of aryl methyl sites for hydroxylation is 1. The van der Waals surface area contributed by atoms with Crippen molar-refractivity contribution in [2.24, 2.45) is 0 Å². The van der Waals surface area contributed by atoms with E-state index in [1.165, 1.54) is 19.3 Å². The molecule has 6 nitrogen and oxygen atoms in total. The van der Waals surface area contributed by atoms with Gasteiger partial charge in [-0.25, -0.2) is 0 Å². The number of aromatic nitrogens is 2. The second-order valence-corrected chi connectivity index (χ2v) is 5.26. The van der Waals surface area contributed by atoms with Crippen LogP contribution >= 0.6 is 0 Å². The first-order valence-electron chi connectivity index (χ1n) is 7.17. The number of nitrogens with one attached hydrogen (secondary N) is 1. The average Bonchev–Trinajstić information content (AvgIpc) is 2.93. The number of carbonyl (C=O) groups excluding carboxylic acids is 1. The Morgan fingerprint density at radius 1 is 1.24 bits per heavy atom. The van der Waals surface area contributed by atoms with Crippen LogP contribution in [0.1, 0.15) is 35.4 Å². The Morgan fingerprint density at radius 2 is 2.05 bits per heavy atom. The van der Waals surface area contributed by atoms with Crippen LogP contribution in [0.25, 0.3) is 0 Å². The number of rotatable bonds is 3. The molecule has 110 valence electrons. The predicted molar refractivity (Wildman–Crippen MR) is 79.5 cm³/mol. The minimum Gasteiger partial charge on any atom is -0.370 e. The highest BCUT2D eigenvalue weighted by atomic mass is 16.5. The quantitative estimate of drug-likeness (QED) is 0.939. The number of piperidine rings is 1. The Morgan fingerprint density at radius 3 is 2.76 bits per heavy atom. The maximum absolute atomic E-state index is 12.2. The van der Waals surface area contributed by atoms with Crippen molar-refractivity contribution in [1.82, 2.24) is 10.1 Å². The lowest BCUT2D eigenvalue weighted by molar-refractivity contribution is 0.102. The zero-order chi connectivity index (χ0) is 14.7. The van der Waals surface area contributed by atoms with Crippen LogP contribution in [0.5, 0.6) is 0 Å². The van der Waals surface area contributed by atoms with E-state index in [-0.39, 0.29) is 5.91 Å². The molecule has 3 rings (SSSR count). The van der Waals surface area contributed by atoms with E-state index in [2.05, 4.69) is 20.4 Å². The monoisotopic (exact) mass is 286 g/mol. The molecule has 1 aliphatic heterocycles. The van der Waals surface area contributed by atoms with Gasteiger partial charge in [0.1, 0.15) is 5.76 Å². The van der Waals surface area contributed by atoms with Crippen molar-refractivity contribution in [2.75, 3.05) is 23.3 Å². The van der Waals surface area contributed by atoms with Gasteiger partial charge in [-0.15, -0.1) is 0 Å². The van der Waals surface area contributed by atoms with Crippen LogP contribution in [-0.2, 0) is 0 Å². The van der Waals surface area contributed by atoms with Gasteiger partial charge in [0.25, 0.3) is 5.91 Å². The van der Waals surface area contributed by atoms with Crippen LogP contribution in [0, 0.1) is 6.92 Å². The number of amides is 1. The fourth-order valence-corrected chi connectivity index (χ4v) is 2.49. The Labute approximate surface area is 123 Å². The zero-order valence-corrected chi connectivity index (χ0v) is 12.0. The van der Waals surface area contributed by atoms with Crippen LogP contribution in [0.3, 0.4) is 0 Å². The van der Waals surface area contributed by atoms with E-state index in [0.717, 1.165) is 18.8 Å². The van der Waals surface area contributed by atoms with Gasteiger partial charge in [-0.3, -0.25) is 9.78 Å². The smallest absolute Gasteiger partial charge is 0.258 e. The maximum Gasteiger partial charge on any atom is 0.258 e. The van der Waals surface area contributed by atoms with E-state index < -0.39 is 0 Å². The van der Waals surface area contributed by atoms with Gasteiger partial charge in [-0.05, 0) is 32.3 Å². The molecule has 1 aliphatic rings. The Bertz CT molecular complexity index is 632. The maximum atomic E-state index is 12.2. The van der Waals surface area contributed by atoms with Gasteiger partial charge >= 0.3 is 0 Å². The zero-order valence-electron chi connectivity index (χ0n) is 12.0. The summed E-state index contributed by atoms with van der Waals surface area (Å²) >= 11 is 0. The summed E-state index contributed by atoms with van der Waals surface area (Å²) in [5.41, 5.74) is 1.53. The van der Waals surface area contributed by atoms with Gasteiger partial charge in [0, 0.05) is 25.4 Å². The Balaban J connectivity index is 1.74. The molecule has 0 bridgehead atoms. The van der Waals surface area contributed by atoms with Gasteiger partial charge < -0.3 is 14.7 Å². The van der Waals surface area contributed by atoms with Crippen LogP contribution < -0.4 is 10.2 Å².